The molecule has 3 nitrogen and oxygen atoms in total. The number of anilines is 1. The second kappa shape index (κ2) is 4.56. The summed E-state index contributed by atoms with van der Waals surface area (Å²) in [6, 6.07) is 5.68. The summed E-state index contributed by atoms with van der Waals surface area (Å²) in [5.74, 6) is 0.550. The molecule has 0 radical (unpaired) electrons. The molecule has 1 aliphatic rings. The number of benzene rings is 1. The van der Waals surface area contributed by atoms with Crippen molar-refractivity contribution in [2.24, 2.45) is 5.92 Å². The predicted octanol–water partition coefficient (Wildman–Crippen LogP) is 2.60. The standard InChI is InChI=1S/C13H17NO2/c1-9-11(13(15)16-2)4-3-5-12(9)14-8-10-6-7-10/h3-5,10,14H,6-8H2,1-2H3. The Hall–Kier alpha value is -1.51. The molecule has 0 unspecified atom stereocenters. The topological polar surface area (TPSA) is 38.3 Å². The van der Waals surface area contributed by atoms with Crippen LogP contribution >= 0.6 is 0 Å². The summed E-state index contributed by atoms with van der Waals surface area (Å²) in [4.78, 5) is 11.5. The third-order valence-electron chi connectivity index (χ3n) is 3.02. The van der Waals surface area contributed by atoms with Crippen molar-refractivity contribution in [1.29, 1.82) is 0 Å². The first-order valence-corrected chi connectivity index (χ1v) is 5.64. The second-order valence-corrected chi connectivity index (χ2v) is 4.29. The number of carbonyl (C=O) groups is 1. The van der Waals surface area contributed by atoms with E-state index in [0.717, 1.165) is 23.7 Å². The van der Waals surface area contributed by atoms with Gasteiger partial charge in [-0.15, -0.1) is 0 Å². The Bertz CT molecular complexity index is 397. The molecule has 0 atom stereocenters. The number of ether oxygens (including phenoxy) is 1. The number of nitrogens with one attached hydrogen (secondary N) is 1. The van der Waals surface area contributed by atoms with Crippen LogP contribution in [0.3, 0.4) is 0 Å². The molecule has 1 aromatic rings. The number of hydrogen-bond donors (Lipinski definition) is 1. The fourth-order valence-electron chi connectivity index (χ4n) is 1.73. The molecule has 1 N–H and O–H groups in total. The Morgan fingerprint density at radius 3 is 2.88 bits per heavy atom. The van der Waals surface area contributed by atoms with Crippen molar-refractivity contribution in [2.45, 2.75) is 19.8 Å². The molecular formula is C13H17NO2. The van der Waals surface area contributed by atoms with Crippen molar-refractivity contribution >= 4 is 11.7 Å². The highest BCUT2D eigenvalue weighted by Gasteiger charge is 2.21. The summed E-state index contributed by atoms with van der Waals surface area (Å²) in [6.45, 7) is 2.95. The van der Waals surface area contributed by atoms with Gasteiger partial charge in [-0.3, -0.25) is 0 Å². The molecule has 1 fully saturated rings. The molecule has 0 spiro atoms. The van der Waals surface area contributed by atoms with Crippen LogP contribution in [0.5, 0.6) is 0 Å². The number of hydrogen-bond acceptors (Lipinski definition) is 3. The highest BCUT2D eigenvalue weighted by Crippen LogP contribution is 2.29. The summed E-state index contributed by atoms with van der Waals surface area (Å²) in [6.07, 6.45) is 2.64. The van der Waals surface area contributed by atoms with E-state index in [4.69, 9.17) is 4.74 Å². The van der Waals surface area contributed by atoms with Gasteiger partial charge in [0, 0.05) is 12.2 Å². The molecule has 3 heteroatoms. The van der Waals surface area contributed by atoms with Gasteiger partial charge in [0.05, 0.1) is 12.7 Å². The Kier molecular flexibility index (Phi) is 3.13. The van der Waals surface area contributed by atoms with Crippen molar-refractivity contribution in [2.75, 3.05) is 19.0 Å². The lowest BCUT2D eigenvalue weighted by Gasteiger charge is -2.11. The number of rotatable bonds is 4. The molecule has 0 aromatic heterocycles. The van der Waals surface area contributed by atoms with Gasteiger partial charge < -0.3 is 10.1 Å². The van der Waals surface area contributed by atoms with E-state index in [1.165, 1.54) is 20.0 Å². The van der Waals surface area contributed by atoms with E-state index in [1.54, 1.807) is 6.07 Å². The Balaban J connectivity index is 2.14. The first-order chi connectivity index (χ1) is 7.72. The van der Waals surface area contributed by atoms with Crippen LogP contribution in [0.1, 0.15) is 28.8 Å². The molecule has 0 saturated heterocycles. The molecule has 86 valence electrons. The largest absolute Gasteiger partial charge is 0.465 e. The zero-order valence-electron chi connectivity index (χ0n) is 9.75. The minimum Gasteiger partial charge on any atom is -0.465 e. The van der Waals surface area contributed by atoms with Gasteiger partial charge >= 0.3 is 5.97 Å². The van der Waals surface area contributed by atoms with E-state index in [0.29, 0.717) is 5.56 Å². The predicted molar refractivity (Wildman–Crippen MR) is 63.7 cm³/mol. The van der Waals surface area contributed by atoms with Gasteiger partial charge in [0.25, 0.3) is 0 Å². The molecule has 16 heavy (non-hydrogen) atoms. The van der Waals surface area contributed by atoms with E-state index in [2.05, 4.69) is 5.32 Å². The van der Waals surface area contributed by atoms with Gasteiger partial charge in [0.15, 0.2) is 0 Å². The lowest BCUT2D eigenvalue weighted by molar-refractivity contribution is 0.0600. The van der Waals surface area contributed by atoms with Crippen molar-refractivity contribution in [1.82, 2.24) is 0 Å². The lowest BCUT2D eigenvalue weighted by Crippen LogP contribution is -2.09. The van der Waals surface area contributed by atoms with Gasteiger partial charge in [-0.05, 0) is 43.4 Å². The number of carbonyl (C=O) groups excluding carboxylic acids is 1. The maximum atomic E-state index is 11.5. The number of methoxy groups -OCH3 is 1. The number of esters is 1. The van der Waals surface area contributed by atoms with Crippen LogP contribution in [0.25, 0.3) is 0 Å². The zero-order chi connectivity index (χ0) is 11.5. The summed E-state index contributed by atoms with van der Waals surface area (Å²) >= 11 is 0. The minimum absolute atomic E-state index is 0.271. The summed E-state index contributed by atoms with van der Waals surface area (Å²) in [5.41, 5.74) is 2.65. The molecule has 0 bridgehead atoms. The third kappa shape index (κ3) is 2.35. The van der Waals surface area contributed by atoms with Crippen molar-refractivity contribution in [3.8, 4) is 0 Å². The van der Waals surface area contributed by atoms with Gasteiger partial charge in [-0.1, -0.05) is 6.07 Å². The zero-order valence-corrected chi connectivity index (χ0v) is 9.75. The van der Waals surface area contributed by atoms with Gasteiger partial charge in [0.1, 0.15) is 0 Å². The summed E-state index contributed by atoms with van der Waals surface area (Å²) in [7, 11) is 1.41. The highest BCUT2D eigenvalue weighted by molar-refractivity contribution is 5.92. The molecule has 1 saturated carbocycles. The van der Waals surface area contributed by atoms with Crippen LogP contribution in [0.2, 0.25) is 0 Å². The Labute approximate surface area is 95.8 Å². The maximum absolute atomic E-state index is 11.5. The highest BCUT2D eigenvalue weighted by atomic mass is 16.5. The van der Waals surface area contributed by atoms with E-state index in [1.807, 2.05) is 19.1 Å². The van der Waals surface area contributed by atoms with Crippen LogP contribution < -0.4 is 5.32 Å². The summed E-state index contributed by atoms with van der Waals surface area (Å²) < 4.78 is 4.74. The third-order valence-corrected chi connectivity index (χ3v) is 3.02. The molecule has 0 amide bonds. The van der Waals surface area contributed by atoms with E-state index in [-0.39, 0.29) is 5.97 Å². The second-order valence-electron chi connectivity index (χ2n) is 4.29. The van der Waals surface area contributed by atoms with Gasteiger partial charge in [0.2, 0.25) is 0 Å². The molecule has 0 aliphatic heterocycles. The molecule has 1 aromatic carbocycles. The van der Waals surface area contributed by atoms with Crippen molar-refractivity contribution < 1.29 is 9.53 Å². The SMILES string of the molecule is COC(=O)c1cccc(NCC2CC2)c1C. The average molecular weight is 219 g/mol. The van der Waals surface area contributed by atoms with E-state index < -0.39 is 0 Å². The van der Waals surface area contributed by atoms with Crippen LogP contribution in [-0.4, -0.2) is 19.6 Å². The average Bonchev–Trinajstić information content (AvgIpc) is 3.10. The van der Waals surface area contributed by atoms with Gasteiger partial charge in [-0.2, -0.15) is 0 Å². The molecule has 2 rings (SSSR count). The van der Waals surface area contributed by atoms with Crippen LogP contribution in [-0.2, 0) is 4.74 Å². The van der Waals surface area contributed by atoms with Crippen LogP contribution in [0.4, 0.5) is 5.69 Å². The monoisotopic (exact) mass is 219 g/mol. The smallest absolute Gasteiger partial charge is 0.338 e. The normalized spacial score (nSPS) is 14.6. The Morgan fingerprint density at radius 2 is 2.25 bits per heavy atom. The minimum atomic E-state index is -0.271. The fraction of sp³-hybridized carbons (Fsp3) is 0.462. The van der Waals surface area contributed by atoms with Gasteiger partial charge in [-0.25, -0.2) is 4.79 Å². The molecular weight excluding hydrogens is 202 g/mol. The first kappa shape index (κ1) is 11.0. The van der Waals surface area contributed by atoms with Crippen molar-refractivity contribution in [3.63, 3.8) is 0 Å². The Morgan fingerprint density at radius 1 is 1.50 bits per heavy atom. The van der Waals surface area contributed by atoms with Crippen LogP contribution in [0, 0.1) is 12.8 Å². The maximum Gasteiger partial charge on any atom is 0.338 e. The van der Waals surface area contributed by atoms with Crippen molar-refractivity contribution in [3.05, 3.63) is 29.3 Å². The van der Waals surface area contributed by atoms with E-state index >= 15 is 0 Å². The fourth-order valence-corrected chi connectivity index (χ4v) is 1.73. The molecule has 0 heterocycles. The van der Waals surface area contributed by atoms with Crippen LogP contribution in [0.15, 0.2) is 18.2 Å². The lowest BCUT2D eigenvalue weighted by atomic mass is 10.1. The first-order valence-electron chi connectivity index (χ1n) is 5.64. The molecule has 1 aliphatic carbocycles. The quantitative estimate of drug-likeness (QED) is 0.791. The van der Waals surface area contributed by atoms with E-state index in [9.17, 15) is 4.79 Å². The summed E-state index contributed by atoms with van der Waals surface area (Å²) in [5, 5.41) is 3.39.